The molecule has 0 radical (unpaired) electrons. The molecule has 2 aliphatic heterocycles. The maximum Gasteiger partial charge on any atom is 0.224 e. The van der Waals surface area contributed by atoms with E-state index in [2.05, 4.69) is 0 Å². The van der Waals surface area contributed by atoms with Crippen molar-refractivity contribution >= 4 is 11.7 Å². The molecule has 6 heteroatoms. The standard InChI is InChI=1S/C20H19NO5/c1-25-14-10-12-16(19(24)20(14)26-2)18(23)13-8-9-15(22)21(13)17(12)11-6-4-3-5-7-11/h3-7,10,13,17,24H,8-9H2,1-2H3/t13-,17?/m0/s1. The minimum atomic E-state index is -0.566. The molecule has 2 heterocycles. The minimum absolute atomic E-state index is 0.0582. The van der Waals surface area contributed by atoms with Gasteiger partial charge in [-0.15, -0.1) is 0 Å². The van der Waals surface area contributed by atoms with Crippen molar-refractivity contribution < 1.29 is 24.2 Å². The molecule has 1 fully saturated rings. The summed E-state index contributed by atoms with van der Waals surface area (Å²) < 4.78 is 10.6. The fraction of sp³-hybridized carbons (Fsp3) is 0.300. The zero-order valence-electron chi connectivity index (χ0n) is 14.6. The summed E-state index contributed by atoms with van der Waals surface area (Å²) in [5, 5.41) is 10.7. The molecule has 2 atom stereocenters. The van der Waals surface area contributed by atoms with Gasteiger partial charge in [-0.3, -0.25) is 9.59 Å². The van der Waals surface area contributed by atoms with E-state index in [0.717, 1.165) is 5.56 Å². The van der Waals surface area contributed by atoms with E-state index in [9.17, 15) is 14.7 Å². The highest BCUT2D eigenvalue weighted by Gasteiger charge is 2.48. The van der Waals surface area contributed by atoms with Crippen LogP contribution < -0.4 is 9.47 Å². The van der Waals surface area contributed by atoms with Crippen LogP contribution in [0.25, 0.3) is 0 Å². The SMILES string of the molecule is COc1cc2c(c(O)c1OC)C(=O)[C@@H]1CCC(=O)N1C2c1ccccc1. The number of amides is 1. The second-order valence-electron chi connectivity index (χ2n) is 6.46. The molecule has 0 aliphatic carbocycles. The summed E-state index contributed by atoms with van der Waals surface area (Å²) in [5.41, 5.74) is 1.66. The quantitative estimate of drug-likeness (QED) is 0.918. The highest BCUT2D eigenvalue weighted by molar-refractivity contribution is 6.09. The zero-order valence-corrected chi connectivity index (χ0v) is 14.6. The first-order valence-electron chi connectivity index (χ1n) is 8.46. The second kappa shape index (κ2) is 6.05. The van der Waals surface area contributed by atoms with E-state index in [1.54, 1.807) is 11.0 Å². The normalized spacial score (nSPS) is 21.4. The van der Waals surface area contributed by atoms with Crippen LogP contribution in [0.3, 0.4) is 0 Å². The molecule has 0 aromatic heterocycles. The van der Waals surface area contributed by atoms with Crippen molar-refractivity contribution in [3.8, 4) is 17.2 Å². The molecule has 2 aromatic carbocycles. The number of aromatic hydroxyl groups is 1. The molecule has 2 aliphatic rings. The molecule has 6 nitrogen and oxygen atoms in total. The summed E-state index contributed by atoms with van der Waals surface area (Å²) in [4.78, 5) is 27.3. The van der Waals surface area contributed by atoms with Crippen LogP contribution in [-0.2, 0) is 4.79 Å². The first-order valence-corrected chi connectivity index (χ1v) is 8.46. The minimum Gasteiger partial charge on any atom is -0.504 e. The van der Waals surface area contributed by atoms with Crippen LogP contribution in [0, 0.1) is 0 Å². The van der Waals surface area contributed by atoms with Gasteiger partial charge < -0.3 is 19.5 Å². The van der Waals surface area contributed by atoms with Crippen molar-refractivity contribution in [3.05, 3.63) is 53.1 Å². The number of hydrogen-bond acceptors (Lipinski definition) is 5. The van der Waals surface area contributed by atoms with Crippen molar-refractivity contribution in [1.82, 2.24) is 4.90 Å². The Kier molecular flexibility index (Phi) is 3.83. The molecule has 0 bridgehead atoms. The number of Topliss-reactive ketones (excluding diaryl/α,β-unsaturated/α-hetero) is 1. The molecule has 1 saturated heterocycles. The van der Waals surface area contributed by atoms with Gasteiger partial charge in [0, 0.05) is 6.42 Å². The van der Waals surface area contributed by atoms with E-state index in [1.807, 2.05) is 30.3 Å². The number of fused-ring (bicyclic) bond motifs is 2. The van der Waals surface area contributed by atoms with Crippen LogP contribution in [0.2, 0.25) is 0 Å². The van der Waals surface area contributed by atoms with E-state index in [0.29, 0.717) is 24.2 Å². The summed E-state index contributed by atoms with van der Waals surface area (Å²) in [5.74, 6) is -0.0906. The van der Waals surface area contributed by atoms with Crippen molar-refractivity contribution in [1.29, 1.82) is 0 Å². The molecular formula is C20H19NO5. The number of benzene rings is 2. The summed E-state index contributed by atoms with van der Waals surface area (Å²) in [6, 6.07) is 10.2. The van der Waals surface area contributed by atoms with Gasteiger partial charge in [0.05, 0.1) is 31.9 Å². The molecule has 134 valence electrons. The van der Waals surface area contributed by atoms with Gasteiger partial charge in [-0.2, -0.15) is 0 Å². The van der Waals surface area contributed by atoms with Gasteiger partial charge in [0.25, 0.3) is 0 Å². The predicted molar refractivity (Wildman–Crippen MR) is 93.7 cm³/mol. The number of ether oxygens (including phenoxy) is 2. The summed E-state index contributed by atoms with van der Waals surface area (Å²) in [6.45, 7) is 0. The highest BCUT2D eigenvalue weighted by atomic mass is 16.5. The molecule has 4 rings (SSSR count). The number of methoxy groups -OCH3 is 2. The molecule has 1 unspecified atom stereocenters. The topological polar surface area (TPSA) is 76.1 Å². The fourth-order valence-corrected chi connectivity index (χ4v) is 4.04. The average Bonchev–Trinajstić information content (AvgIpc) is 3.04. The lowest BCUT2D eigenvalue weighted by atomic mass is 9.83. The molecule has 1 N–H and O–H groups in total. The monoisotopic (exact) mass is 353 g/mol. The Balaban J connectivity index is 2.02. The van der Waals surface area contributed by atoms with Crippen LogP contribution in [0.5, 0.6) is 17.2 Å². The lowest BCUT2D eigenvalue weighted by Gasteiger charge is -2.39. The number of phenols is 1. The van der Waals surface area contributed by atoms with Gasteiger partial charge in [0.1, 0.15) is 0 Å². The largest absolute Gasteiger partial charge is 0.504 e. The lowest BCUT2D eigenvalue weighted by molar-refractivity contribution is -0.130. The number of nitrogens with zero attached hydrogens (tertiary/aromatic N) is 1. The second-order valence-corrected chi connectivity index (χ2v) is 6.46. The molecule has 0 saturated carbocycles. The number of rotatable bonds is 3. The Hall–Kier alpha value is -3.02. The van der Waals surface area contributed by atoms with Crippen molar-refractivity contribution in [2.75, 3.05) is 14.2 Å². The van der Waals surface area contributed by atoms with E-state index in [1.165, 1.54) is 14.2 Å². The van der Waals surface area contributed by atoms with Crippen molar-refractivity contribution in [3.63, 3.8) is 0 Å². The number of carbonyl (C=O) groups is 2. The number of carbonyl (C=O) groups excluding carboxylic acids is 2. The Morgan fingerprint density at radius 1 is 1.12 bits per heavy atom. The van der Waals surface area contributed by atoms with Gasteiger partial charge >= 0.3 is 0 Å². The first-order chi connectivity index (χ1) is 12.6. The van der Waals surface area contributed by atoms with Crippen LogP contribution in [0.4, 0.5) is 0 Å². The number of ketones is 1. The first kappa shape index (κ1) is 16.4. The maximum atomic E-state index is 13.1. The van der Waals surface area contributed by atoms with Gasteiger partial charge in [-0.1, -0.05) is 30.3 Å². The lowest BCUT2D eigenvalue weighted by Crippen LogP contribution is -2.46. The van der Waals surface area contributed by atoms with Crippen LogP contribution in [-0.4, -0.2) is 42.0 Å². The molecule has 0 spiro atoms. The molecule has 26 heavy (non-hydrogen) atoms. The molecular weight excluding hydrogens is 334 g/mol. The predicted octanol–water partition coefficient (Wildman–Crippen LogP) is 2.69. The van der Waals surface area contributed by atoms with Gasteiger partial charge in [0.2, 0.25) is 11.7 Å². The third kappa shape index (κ3) is 2.18. The van der Waals surface area contributed by atoms with E-state index in [4.69, 9.17) is 9.47 Å². The van der Waals surface area contributed by atoms with E-state index in [-0.39, 0.29) is 28.8 Å². The van der Waals surface area contributed by atoms with Crippen LogP contribution in [0.1, 0.15) is 40.4 Å². The molecule has 1 amide bonds. The number of phenolic OH excluding ortho intramolecular Hbond substituents is 1. The number of hydrogen-bond donors (Lipinski definition) is 1. The maximum absolute atomic E-state index is 13.1. The zero-order chi connectivity index (χ0) is 18.4. The van der Waals surface area contributed by atoms with Gasteiger partial charge in [-0.05, 0) is 23.6 Å². The summed E-state index contributed by atoms with van der Waals surface area (Å²) >= 11 is 0. The third-order valence-electron chi connectivity index (χ3n) is 5.17. The smallest absolute Gasteiger partial charge is 0.224 e. The highest BCUT2D eigenvalue weighted by Crippen LogP contribution is 2.50. The van der Waals surface area contributed by atoms with Crippen LogP contribution in [0.15, 0.2) is 36.4 Å². The molecule has 2 aromatic rings. The summed E-state index contributed by atoms with van der Waals surface area (Å²) in [6.07, 6.45) is 0.775. The van der Waals surface area contributed by atoms with Crippen molar-refractivity contribution in [2.45, 2.75) is 24.9 Å². The van der Waals surface area contributed by atoms with Gasteiger partial charge in [-0.25, -0.2) is 0 Å². The fourth-order valence-electron chi connectivity index (χ4n) is 4.04. The summed E-state index contributed by atoms with van der Waals surface area (Å²) in [7, 11) is 2.88. The van der Waals surface area contributed by atoms with E-state index < -0.39 is 12.1 Å². The Morgan fingerprint density at radius 3 is 2.50 bits per heavy atom. The Labute approximate surface area is 151 Å². The van der Waals surface area contributed by atoms with E-state index >= 15 is 0 Å². The third-order valence-corrected chi connectivity index (χ3v) is 5.17. The van der Waals surface area contributed by atoms with Gasteiger partial charge in [0.15, 0.2) is 17.3 Å². The van der Waals surface area contributed by atoms with Crippen LogP contribution >= 0.6 is 0 Å². The van der Waals surface area contributed by atoms with Crippen molar-refractivity contribution in [2.24, 2.45) is 0 Å². The average molecular weight is 353 g/mol. The Bertz CT molecular complexity index is 893. The Morgan fingerprint density at radius 2 is 1.85 bits per heavy atom.